The maximum Gasteiger partial charge on any atom is 0.144 e. The molecular formula is C34H29NO. The average Bonchev–Trinajstić information content (AvgIpc) is 3.27. The summed E-state index contributed by atoms with van der Waals surface area (Å²) in [7, 11) is 0. The third-order valence-electron chi connectivity index (χ3n) is 6.62. The summed E-state index contributed by atoms with van der Waals surface area (Å²) in [6.45, 7) is 6.80. The Morgan fingerprint density at radius 1 is 0.611 bits per heavy atom. The van der Waals surface area contributed by atoms with E-state index >= 15 is 0 Å². The van der Waals surface area contributed by atoms with Gasteiger partial charge in [-0.3, -0.25) is 4.98 Å². The molecule has 0 aliphatic carbocycles. The van der Waals surface area contributed by atoms with Crippen LogP contribution in [0.15, 0.2) is 114 Å². The molecule has 176 valence electrons. The molecule has 0 fully saturated rings. The normalized spacial score (nSPS) is 11.9. The van der Waals surface area contributed by atoms with Gasteiger partial charge in [-0.05, 0) is 64.4 Å². The lowest BCUT2D eigenvalue weighted by molar-refractivity contribution is 0.411. The standard InChI is InChI=1S/C34H29NO/c1-34(2,3)22-23-17-18-35-31(19-23)28-16-10-15-27-30-21-26(24-11-6-4-7-12-24)20-29(33(30)36-32(27)28)25-13-8-5-9-14-25/h4-21H,22H2,1-3H3. The summed E-state index contributed by atoms with van der Waals surface area (Å²) < 4.78 is 6.72. The molecular weight excluding hydrogens is 438 g/mol. The fourth-order valence-corrected chi connectivity index (χ4v) is 5.08. The van der Waals surface area contributed by atoms with E-state index < -0.39 is 0 Å². The number of furan rings is 1. The predicted molar refractivity (Wildman–Crippen MR) is 151 cm³/mol. The van der Waals surface area contributed by atoms with Crippen molar-refractivity contribution in [2.75, 3.05) is 0 Å². The second-order valence-corrected chi connectivity index (χ2v) is 10.7. The predicted octanol–water partition coefficient (Wildman–Crippen LogP) is 9.57. The number of rotatable bonds is 4. The van der Waals surface area contributed by atoms with E-state index in [1.165, 1.54) is 16.7 Å². The number of para-hydroxylation sites is 1. The third-order valence-corrected chi connectivity index (χ3v) is 6.62. The number of nitrogens with zero attached hydrogens (tertiary/aromatic N) is 1. The van der Waals surface area contributed by atoms with Gasteiger partial charge in [0.2, 0.25) is 0 Å². The van der Waals surface area contributed by atoms with Crippen LogP contribution in [0.25, 0.3) is 55.4 Å². The Bertz CT molecular complexity index is 1670. The molecule has 2 nitrogen and oxygen atoms in total. The molecule has 0 N–H and O–H groups in total. The molecule has 0 aliphatic heterocycles. The Labute approximate surface area is 212 Å². The lowest BCUT2D eigenvalue weighted by Gasteiger charge is -2.18. The van der Waals surface area contributed by atoms with Gasteiger partial charge in [0.15, 0.2) is 0 Å². The van der Waals surface area contributed by atoms with E-state index in [9.17, 15) is 0 Å². The van der Waals surface area contributed by atoms with Crippen molar-refractivity contribution in [3.05, 3.63) is 115 Å². The van der Waals surface area contributed by atoms with Gasteiger partial charge in [0, 0.05) is 28.1 Å². The molecule has 0 unspecified atom stereocenters. The molecule has 0 saturated carbocycles. The molecule has 2 aromatic heterocycles. The molecule has 6 aromatic rings. The summed E-state index contributed by atoms with van der Waals surface area (Å²) in [5.41, 5.74) is 9.89. The van der Waals surface area contributed by atoms with Gasteiger partial charge in [0.1, 0.15) is 11.2 Å². The first-order valence-corrected chi connectivity index (χ1v) is 12.5. The van der Waals surface area contributed by atoms with Crippen LogP contribution in [0.2, 0.25) is 0 Å². The Balaban J connectivity index is 1.61. The van der Waals surface area contributed by atoms with Gasteiger partial charge < -0.3 is 4.42 Å². The van der Waals surface area contributed by atoms with E-state index in [1.54, 1.807) is 0 Å². The highest BCUT2D eigenvalue weighted by Crippen LogP contribution is 2.42. The summed E-state index contributed by atoms with van der Waals surface area (Å²) in [5, 5.41) is 2.23. The summed E-state index contributed by atoms with van der Waals surface area (Å²) in [6.07, 6.45) is 2.91. The molecule has 0 aliphatic rings. The maximum absolute atomic E-state index is 6.72. The zero-order chi connectivity index (χ0) is 24.7. The minimum atomic E-state index is 0.211. The third kappa shape index (κ3) is 4.20. The largest absolute Gasteiger partial charge is 0.455 e. The van der Waals surface area contributed by atoms with E-state index in [4.69, 9.17) is 9.40 Å². The van der Waals surface area contributed by atoms with Crippen LogP contribution in [0, 0.1) is 5.41 Å². The molecule has 0 amide bonds. The van der Waals surface area contributed by atoms with Crippen molar-refractivity contribution in [2.24, 2.45) is 5.41 Å². The van der Waals surface area contributed by atoms with Gasteiger partial charge in [-0.2, -0.15) is 0 Å². The monoisotopic (exact) mass is 467 g/mol. The number of benzene rings is 4. The second kappa shape index (κ2) is 8.80. The van der Waals surface area contributed by atoms with Gasteiger partial charge in [-0.25, -0.2) is 0 Å². The topological polar surface area (TPSA) is 26.0 Å². The van der Waals surface area contributed by atoms with Crippen molar-refractivity contribution >= 4 is 21.9 Å². The lowest BCUT2D eigenvalue weighted by Crippen LogP contribution is -2.09. The summed E-state index contributed by atoms with van der Waals surface area (Å²) in [4.78, 5) is 4.75. The SMILES string of the molecule is CC(C)(C)Cc1ccnc(-c2cccc3c2oc2c(-c4ccccc4)cc(-c4ccccc4)cc23)c1. The van der Waals surface area contributed by atoms with Crippen LogP contribution in [-0.4, -0.2) is 4.98 Å². The van der Waals surface area contributed by atoms with Crippen LogP contribution in [0.5, 0.6) is 0 Å². The summed E-state index contributed by atoms with van der Waals surface area (Å²) in [5.74, 6) is 0. The van der Waals surface area contributed by atoms with Crippen LogP contribution in [0.3, 0.4) is 0 Å². The maximum atomic E-state index is 6.72. The van der Waals surface area contributed by atoms with E-state index in [-0.39, 0.29) is 5.41 Å². The van der Waals surface area contributed by atoms with Crippen molar-refractivity contribution in [2.45, 2.75) is 27.2 Å². The summed E-state index contributed by atoms with van der Waals surface area (Å²) in [6, 6.07) is 36.3. The molecule has 2 heterocycles. The Hall–Kier alpha value is -4.17. The number of aromatic nitrogens is 1. The van der Waals surface area contributed by atoms with Gasteiger partial charge in [-0.1, -0.05) is 93.6 Å². The highest BCUT2D eigenvalue weighted by Gasteiger charge is 2.19. The van der Waals surface area contributed by atoms with E-state index in [1.807, 2.05) is 6.20 Å². The zero-order valence-corrected chi connectivity index (χ0v) is 21.0. The molecule has 0 bridgehead atoms. The number of fused-ring (bicyclic) bond motifs is 3. The molecule has 36 heavy (non-hydrogen) atoms. The lowest BCUT2D eigenvalue weighted by atomic mass is 9.88. The molecule has 4 aromatic carbocycles. The molecule has 6 rings (SSSR count). The first-order valence-electron chi connectivity index (χ1n) is 12.5. The van der Waals surface area contributed by atoms with Gasteiger partial charge >= 0.3 is 0 Å². The van der Waals surface area contributed by atoms with Gasteiger partial charge in [0.05, 0.1) is 5.69 Å². The number of pyridine rings is 1. The van der Waals surface area contributed by atoms with E-state index in [2.05, 4.69) is 124 Å². The second-order valence-electron chi connectivity index (χ2n) is 10.7. The van der Waals surface area contributed by atoms with Crippen molar-refractivity contribution in [3.63, 3.8) is 0 Å². The molecule has 0 atom stereocenters. The van der Waals surface area contributed by atoms with Gasteiger partial charge in [0.25, 0.3) is 0 Å². The minimum absolute atomic E-state index is 0.211. The van der Waals surface area contributed by atoms with E-state index in [0.29, 0.717) is 0 Å². The Morgan fingerprint density at radius 2 is 1.31 bits per heavy atom. The van der Waals surface area contributed by atoms with Crippen LogP contribution < -0.4 is 0 Å². The molecule has 2 heteroatoms. The van der Waals surface area contributed by atoms with Crippen molar-refractivity contribution in [1.82, 2.24) is 4.98 Å². The van der Waals surface area contributed by atoms with Crippen molar-refractivity contribution in [3.8, 4) is 33.5 Å². The van der Waals surface area contributed by atoms with Crippen LogP contribution >= 0.6 is 0 Å². The fourth-order valence-electron chi connectivity index (χ4n) is 5.08. The van der Waals surface area contributed by atoms with Crippen LogP contribution in [0.1, 0.15) is 26.3 Å². The Morgan fingerprint density at radius 3 is 2.03 bits per heavy atom. The zero-order valence-electron chi connectivity index (χ0n) is 21.0. The average molecular weight is 468 g/mol. The van der Waals surface area contributed by atoms with Crippen LogP contribution in [-0.2, 0) is 6.42 Å². The molecule has 0 spiro atoms. The van der Waals surface area contributed by atoms with Crippen LogP contribution in [0.4, 0.5) is 0 Å². The first kappa shape index (κ1) is 22.3. The number of hydrogen-bond donors (Lipinski definition) is 0. The van der Waals surface area contributed by atoms with E-state index in [0.717, 1.165) is 50.7 Å². The highest BCUT2D eigenvalue weighted by atomic mass is 16.3. The quantitative estimate of drug-likeness (QED) is 0.258. The molecule has 0 saturated heterocycles. The van der Waals surface area contributed by atoms with Gasteiger partial charge in [-0.15, -0.1) is 0 Å². The smallest absolute Gasteiger partial charge is 0.144 e. The summed E-state index contributed by atoms with van der Waals surface area (Å²) >= 11 is 0. The highest BCUT2D eigenvalue weighted by molar-refractivity contribution is 6.14. The number of hydrogen-bond acceptors (Lipinski definition) is 2. The first-order chi connectivity index (χ1) is 17.5. The fraction of sp³-hybridized carbons (Fsp3) is 0.147. The van der Waals surface area contributed by atoms with Crippen molar-refractivity contribution < 1.29 is 4.42 Å². The Kier molecular flexibility index (Phi) is 5.45. The molecule has 0 radical (unpaired) electrons. The van der Waals surface area contributed by atoms with Crippen molar-refractivity contribution in [1.29, 1.82) is 0 Å². The minimum Gasteiger partial charge on any atom is -0.455 e.